The maximum absolute atomic E-state index is 12.0. The van der Waals surface area contributed by atoms with Crippen molar-refractivity contribution in [2.75, 3.05) is 5.32 Å². The van der Waals surface area contributed by atoms with E-state index in [4.69, 9.17) is 4.42 Å². The first-order valence-electron chi connectivity index (χ1n) is 6.85. The monoisotopic (exact) mass is 327 g/mol. The Morgan fingerprint density at radius 2 is 1.91 bits per heavy atom. The summed E-state index contributed by atoms with van der Waals surface area (Å²) in [6, 6.07) is 12.3. The highest BCUT2D eigenvalue weighted by molar-refractivity contribution is 7.14. The van der Waals surface area contributed by atoms with Crippen molar-refractivity contribution in [3.8, 4) is 0 Å². The Bertz CT molecular complexity index is 797. The van der Waals surface area contributed by atoms with E-state index in [0.717, 1.165) is 0 Å². The molecule has 0 saturated carbocycles. The lowest BCUT2D eigenvalue weighted by Crippen LogP contribution is -2.23. The van der Waals surface area contributed by atoms with Crippen LogP contribution in [0.3, 0.4) is 0 Å². The predicted molar refractivity (Wildman–Crippen MR) is 86.4 cm³/mol. The number of hydrogen-bond acceptors (Lipinski definition) is 5. The third kappa shape index (κ3) is 3.83. The maximum atomic E-state index is 12.0. The van der Waals surface area contributed by atoms with E-state index in [1.165, 1.54) is 11.3 Å². The van der Waals surface area contributed by atoms with E-state index in [-0.39, 0.29) is 24.1 Å². The zero-order chi connectivity index (χ0) is 16.1. The molecule has 7 heteroatoms. The lowest BCUT2D eigenvalue weighted by Gasteiger charge is -2.01. The molecule has 0 spiro atoms. The number of aromatic nitrogens is 1. The van der Waals surface area contributed by atoms with Crippen LogP contribution in [0.1, 0.15) is 26.6 Å². The van der Waals surface area contributed by atoms with E-state index in [1.54, 1.807) is 48.0 Å². The fourth-order valence-corrected chi connectivity index (χ4v) is 2.55. The molecule has 0 aliphatic heterocycles. The number of hydrogen-bond donors (Lipinski definition) is 2. The zero-order valence-corrected chi connectivity index (χ0v) is 12.8. The molecule has 3 aromatic rings. The van der Waals surface area contributed by atoms with E-state index in [1.807, 2.05) is 6.07 Å². The van der Waals surface area contributed by atoms with Gasteiger partial charge in [-0.3, -0.25) is 14.9 Å². The van der Waals surface area contributed by atoms with Crippen LogP contribution in [0.2, 0.25) is 0 Å². The van der Waals surface area contributed by atoms with Crippen molar-refractivity contribution in [1.29, 1.82) is 0 Å². The molecule has 2 N–H and O–H groups in total. The van der Waals surface area contributed by atoms with E-state index in [0.29, 0.717) is 16.5 Å². The fraction of sp³-hybridized carbons (Fsp3) is 0.0625. The largest absolute Gasteiger partial charge is 0.467 e. The minimum Gasteiger partial charge on any atom is -0.467 e. The molecule has 116 valence electrons. The number of rotatable bonds is 5. The average Bonchev–Trinajstić information content (AvgIpc) is 3.25. The van der Waals surface area contributed by atoms with Gasteiger partial charge in [0.1, 0.15) is 11.5 Å². The lowest BCUT2D eigenvalue weighted by molar-refractivity contribution is 0.0942. The first-order valence-corrected chi connectivity index (χ1v) is 7.73. The molecule has 2 aromatic heterocycles. The number of nitrogens with one attached hydrogen (secondary N) is 2. The Kier molecular flexibility index (Phi) is 4.49. The van der Waals surface area contributed by atoms with Crippen molar-refractivity contribution in [3.05, 3.63) is 71.1 Å². The molecule has 0 saturated heterocycles. The molecular formula is C16H13N3O3S. The Morgan fingerprint density at radius 1 is 1.09 bits per heavy atom. The Balaban J connectivity index is 1.59. The summed E-state index contributed by atoms with van der Waals surface area (Å²) < 4.78 is 5.14. The van der Waals surface area contributed by atoms with Crippen LogP contribution in [0, 0.1) is 0 Å². The van der Waals surface area contributed by atoms with Gasteiger partial charge >= 0.3 is 0 Å². The summed E-state index contributed by atoms with van der Waals surface area (Å²) in [6.45, 7) is 0.287. The van der Waals surface area contributed by atoms with Crippen LogP contribution in [-0.2, 0) is 6.54 Å². The maximum Gasteiger partial charge on any atom is 0.271 e. The summed E-state index contributed by atoms with van der Waals surface area (Å²) in [4.78, 5) is 28.1. The third-order valence-electron chi connectivity index (χ3n) is 3.00. The summed E-state index contributed by atoms with van der Waals surface area (Å²) in [5.41, 5.74) is 0.788. The van der Waals surface area contributed by atoms with Gasteiger partial charge < -0.3 is 9.73 Å². The summed E-state index contributed by atoms with van der Waals surface area (Å²) in [6.07, 6.45) is 1.54. The summed E-state index contributed by atoms with van der Waals surface area (Å²) >= 11 is 1.20. The first kappa shape index (κ1) is 15.0. The van der Waals surface area contributed by atoms with Gasteiger partial charge in [0.2, 0.25) is 0 Å². The molecule has 2 heterocycles. The van der Waals surface area contributed by atoms with Gasteiger partial charge in [-0.25, -0.2) is 4.98 Å². The first-order chi connectivity index (χ1) is 11.2. The molecule has 0 aliphatic rings. The number of amides is 2. The van der Waals surface area contributed by atoms with Crippen molar-refractivity contribution in [2.45, 2.75) is 6.54 Å². The van der Waals surface area contributed by atoms with E-state index in [9.17, 15) is 9.59 Å². The Morgan fingerprint density at radius 3 is 2.65 bits per heavy atom. The highest BCUT2D eigenvalue weighted by Crippen LogP contribution is 2.16. The van der Waals surface area contributed by atoms with Crippen molar-refractivity contribution in [1.82, 2.24) is 10.3 Å². The van der Waals surface area contributed by atoms with Crippen LogP contribution in [-0.4, -0.2) is 16.8 Å². The summed E-state index contributed by atoms with van der Waals surface area (Å²) in [5, 5.41) is 7.34. The summed E-state index contributed by atoms with van der Waals surface area (Å²) in [7, 11) is 0. The van der Waals surface area contributed by atoms with Gasteiger partial charge in [0.05, 0.1) is 12.8 Å². The molecule has 23 heavy (non-hydrogen) atoms. The van der Waals surface area contributed by atoms with Crippen molar-refractivity contribution < 1.29 is 14.0 Å². The van der Waals surface area contributed by atoms with Crippen LogP contribution in [0.15, 0.2) is 58.5 Å². The van der Waals surface area contributed by atoms with Gasteiger partial charge in [-0.15, -0.1) is 11.3 Å². The summed E-state index contributed by atoms with van der Waals surface area (Å²) in [5.74, 6) is 0.0755. The van der Waals surface area contributed by atoms with E-state index in [2.05, 4.69) is 15.6 Å². The molecule has 0 radical (unpaired) electrons. The second-order valence-electron chi connectivity index (χ2n) is 4.62. The van der Waals surface area contributed by atoms with Crippen LogP contribution >= 0.6 is 11.3 Å². The molecule has 0 fully saturated rings. The second-order valence-corrected chi connectivity index (χ2v) is 5.48. The number of benzene rings is 1. The molecule has 2 amide bonds. The predicted octanol–water partition coefficient (Wildman–Crippen LogP) is 2.92. The SMILES string of the molecule is O=C(Nc1nc(C(=O)NCc2ccco2)cs1)c1ccccc1. The van der Waals surface area contributed by atoms with Crippen LogP contribution < -0.4 is 10.6 Å². The molecule has 0 aliphatic carbocycles. The van der Waals surface area contributed by atoms with E-state index < -0.39 is 0 Å². The third-order valence-corrected chi connectivity index (χ3v) is 3.75. The van der Waals surface area contributed by atoms with Crippen LogP contribution in [0.5, 0.6) is 0 Å². The second kappa shape index (κ2) is 6.89. The van der Waals surface area contributed by atoms with Gasteiger partial charge in [-0.1, -0.05) is 18.2 Å². The van der Waals surface area contributed by atoms with Gasteiger partial charge in [0.15, 0.2) is 5.13 Å². The van der Waals surface area contributed by atoms with Gasteiger partial charge in [0, 0.05) is 10.9 Å². The zero-order valence-electron chi connectivity index (χ0n) is 12.0. The Hall–Kier alpha value is -2.93. The smallest absolute Gasteiger partial charge is 0.271 e. The van der Waals surface area contributed by atoms with Crippen LogP contribution in [0.25, 0.3) is 0 Å². The topological polar surface area (TPSA) is 84.2 Å². The van der Waals surface area contributed by atoms with Gasteiger partial charge in [0.25, 0.3) is 11.8 Å². The Labute approximate surface area is 136 Å². The highest BCUT2D eigenvalue weighted by Gasteiger charge is 2.13. The van der Waals surface area contributed by atoms with Crippen molar-refractivity contribution in [3.63, 3.8) is 0 Å². The molecular weight excluding hydrogens is 314 g/mol. The molecule has 3 rings (SSSR count). The number of carbonyl (C=O) groups excluding carboxylic acids is 2. The van der Waals surface area contributed by atoms with Gasteiger partial charge in [-0.05, 0) is 24.3 Å². The molecule has 6 nitrogen and oxygen atoms in total. The number of nitrogens with zero attached hydrogens (tertiary/aromatic N) is 1. The number of furan rings is 1. The normalized spacial score (nSPS) is 10.3. The standard InChI is InChI=1S/C16H13N3O3S/c20-14(11-5-2-1-3-6-11)19-16-18-13(10-23-16)15(21)17-9-12-7-4-8-22-12/h1-8,10H,9H2,(H,17,21)(H,18,19,20). The number of thiazole rings is 1. The van der Waals surface area contributed by atoms with Crippen LogP contribution in [0.4, 0.5) is 5.13 Å². The fourth-order valence-electron chi connectivity index (χ4n) is 1.87. The molecule has 0 atom stereocenters. The quantitative estimate of drug-likeness (QED) is 0.754. The molecule has 1 aromatic carbocycles. The average molecular weight is 327 g/mol. The van der Waals surface area contributed by atoms with Crippen molar-refractivity contribution in [2.24, 2.45) is 0 Å². The minimum atomic E-state index is -0.321. The van der Waals surface area contributed by atoms with Gasteiger partial charge in [-0.2, -0.15) is 0 Å². The molecule has 0 unspecified atom stereocenters. The van der Waals surface area contributed by atoms with Crippen molar-refractivity contribution >= 4 is 28.3 Å². The number of anilines is 1. The minimum absolute atomic E-state index is 0.255. The number of carbonyl (C=O) groups is 2. The molecule has 0 bridgehead atoms. The lowest BCUT2D eigenvalue weighted by atomic mass is 10.2. The van der Waals surface area contributed by atoms with E-state index >= 15 is 0 Å². The highest BCUT2D eigenvalue weighted by atomic mass is 32.1.